The molecule has 0 saturated carbocycles. The molecule has 0 aliphatic heterocycles. The van der Waals surface area contributed by atoms with Gasteiger partial charge in [0.1, 0.15) is 5.75 Å². The van der Waals surface area contributed by atoms with Crippen LogP contribution in [0.5, 0.6) is 5.75 Å². The van der Waals surface area contributed by atoms with E-state index in [4.69, 9.17) is 16.3 Å². The van der Waals surface area contributed by atoms with Crippen molar-refractivity contribution in [2.24, 2.45) is 0 Å². The molecule has 0 atom stereocenters. The minimum atomic E-state index is -0.593. The Bertz CT molecular complexity index is 1160. The van der Waals surface area contributed by atoms with Crippen molar-refractivity contribution >= 4 is 23.2 Å². The van der Waals surface area contributed by atoms with Gasteiger partial charge in [-0.15, -0.1) is 0 Å². The van der Waals surface area contributed by atoms with E-state index in [9.17, 15) is 19.7 Å². The number of nitro groups is 1. The highest BCUT2D eigenvalue weighted by molar-refractivity contribution is 6.34. The Kier molecular flexibility index (Phi) is 6.99. The molecule has 0 bridgehead atoms. The summed E-state index contributed by atoms with van der Waals surface area (Å²) in [6, 6.07) is 12.3. The SMILES string of the molecule is CCOc1ccc(-c2cc(=O)n(CCNC(=O)c3ccc([N+](=O)[O-])cc3Cl)cn2)cc1. The van der Waals surface area contributed by atoms with Crippen molar-refractivity contribution in [3.63, 3.8) is 0 Å². The fourth-order valence-electron chi connectivity index (χ4n) is 2.83. The minimum absolute atomic E-state index is 0.0229. The van der Waals surface area contributed by atoms with Gasteiger partial charge in [-0.1, -0.05) is 11.6 Å². The number of nitrogens with zero attached hydrogens (tertiary/aromatic N) is 3. The van der Waals surface area contributed by atoms with Crippen LogP contribution in [-0.2, 0) is 6.54 Å². The second-order valence-corrected chi connectivity index (χ2v) is 6.85. The van der Waals surface area contributed by atoms with Crippen LogP contribution in [0.1, 0.15) is 17.3 Å². The van der Waals surface area contributed by atoms with Gasteiger partial charge in [-0.2, -0.15) is 0 Å². The number of amides is 1. The lowest BCUT2D eigenvalue weighted by atomic mass is 10.1. The molecule has 2 aromatic carbocycles. The Labute approximate surface area is 182 Å². The van der Waals surface area contributed by atoms with E-state index in [1.807, 2.05) is 31.2 Å². The predicted octanol–water partition coefficient (Wildman–Crippen LogP) is 3.30. The number of carbonyl (C=O) groups is 1. The fraction of sp³-hybridized carbons (Fsp3) is 0.190. The molecule has 160 valence electrons. The van der Waals surface area contributed by atoms with Gasteiger partial charge in [0, 0.05) is 36.9 Å². The number of carbonyl (C=O) groups excluding carboxylic acids is 1. The van der Waals surface area contributed by atoms with Crippen LogP contribution in [-0.4, -0.2) is 33.5 Å². The van der Waals surface area contributed by atoms with Gasteiger partial charge in [0.05, 0.1) is 34.1 Å². The lowest BCUT2D eigenvalue weighted by Gasteiger charge is -2.09. The van der Waals surface area contributed by atoms with E-state index in [1.165, 1.54) is 29.1 Å². The van der Waals surface area contributed by atoms with Crippen LogP contribution in [0.15, 0.2) is 59.7 Å². The van der Waals surface area contributed by atoms with Gasteiger partial charge in [0.15, 0.2) is 0 Å². The minimum Gasteiger partial charge on any atom is -0.494 e. The van der Waals surface area contributed by atoms with Crippen molar-refractivity contribution in [2.75, 3.05) is 13.2 Å². The molecular formula is C21H19ClN4O5. The zero-order valence-corrected chi connectivity index (χ0v) is 17.3. The lowest BCUT2D eigenvalue weighted by molar-refractivity contribution is -0.384. The van der Waals surface area contributed by atoms with Crippen molar-refractivity contribution in [1.29, 1.82) is 0 Å². The van der Waals surface area contributed by atoms with Gasteiger partial charge in [0.25, 0.3) is 17.2 Å². The van der Waals surface area contributed by atoms with Crippen molar-refractivity contribution in [3.05, 3.63) is 85.9 Å². The Hall–Kier alpha value is -3.72. The highest BCUT2D eigenvalue weighted by Crippen LogP contribution is 2.22. The van der Waals surface area contributed by atoms with Crippen molar-refractivity contribution in [1.82, 2.24) is 14.9 Å². The molecule has 0 aliphatic carbocycles. The largest absolute Gasteiger partial charge is 0.494 e. The van der Waals surface area contributed by atoms with Crippen molar-refractivity contribution in [3.8, 4) is 17.0 Å². The average Bonchev–Trinajstić information content (AvgIpc) is 2.75. The third-order valence-electron chi connectivity index (χ3n) is 4.39. The maximum atomic E-state index is 12.4. The number of aromatic nitrogens is 2. The quantitative estimate of drug-likeness (QED) is 0.422. The molecule has 0 fully saturated rings. The number of rotatable bonds is 8. The standard InChI is InChI=1S/C21H19ClN4O5/c1-2-31-16-6-3-14(4-7-16)19-12-20(27)25(13-24-19)10-9-23-21(28)17-8-5-15(26(29)30)11-18(17)22/h3-8,11-13H,2,9-10H2,1H3,(H,23,28). The molecule has 0 aliphatic rings. The first-order valence-corrected chi connectivity index (χ1v) is 9.78. The highest BCUT2D eigenvalue weighted by Gasteiger charge is 2.14. The number of non-ortho nitro benzene ring substituents is 1. The third kappa shape index (κ3) is 5.46. The topological polar surface area (TPSA) is 116 Å². The molecule has 10 heteroatoms. The first-order valence-electron chi connectivity index (χ1n) is 9.41. The normalized spacial score (nSPS) is 10.5. The monoisotopic (exact) mass is 442 g/mol. The average molecular weight is 443 g/mol. The van der Waals surface area contributed by atoms with E-state index in [1.54, 1.807) is 0 Å². The summed E-state index contributed by atoms with van der Waals surface area (Å²) in [4.78, 5) is 39.1. The number of benzene rings is 2. The first-order chi connectivity index (χ1) is 14.9. The Morgan fingerprint density at radius 2 is 1.97 bits per heavy atom. The van der Waals surface area contributed by atoms with Crippen molar-refractivity contribution < 1.29 is 14.5 Å². The highest BCUT2D eigenvalue weighted by atomic mass is 35.5. The summed E-state index contributed by atoms with van der Waals surface area (Å²) in [5.74, 6) is 0.246. The van der Waals surface area contributed by atoms with Gasteiger partial charge in [-0.05, 0) is 37.3 Å². The zero-order chi connectivity index (χ0) is 22.4. The molecule has 0 radical (unpaired) electrons. The van der Waals surface area contributed by atoms with E-state index in [0.717, 1.165) is 17.4 Å². The first kappa shape index (κ1) is 22.0. The third-order valence-corrected chi connectivity index (χ3v) is 4.70. The maximum Gasteiger partial charge on any atom is 0.270 e. The lowest BCUT2D eigenvalue weighted by Crippen LogP contribution is -2.31. The van der Waals surface area contributed by atoms with Crippen LogP contribution >= 0.6 is 11.6 Å². The summed E-state index contributed by atoms with van der Waals surface area (Å²) < 4.78 is 6.77. The summed E-state index contributed by atoms with van der Waals surface area (Å²) in [5, 5.41) is 13.4. The second-order valence-electron chi connectivity index (χ2n) is 6.44. The number of ether oxygens (including phenoxy) is 1. The molecule has 31 heavy (non-hydrogen) atoms. The number of hydrogen-bond donors (Lipinski definition) is 1. The van der Waals surface area contributed by atoms with Crippen LogP contribution in [0.2, 0.25) is 5.02 Å². The number of nitro benzene ring substituents is 1. The molecule has 1 aromatic heterocycles. The summed E-state index contributed by atoms with van der Waals surface area (Å²) in [5.41, 5.74) is 0.969. The molecular weight excluding hydrogens is 424 g/mol. The Morgan fingerprint density at radius 3 is 2.58 bits per heavy atom. The van der Waals surface area contributed by atoms with Crippen LogP contribution in [0.3, 0.4) is 0 Å². The zero-order valence-electron chi connectivity index (χ0n) is 16.6. The van der Waals surface area contributed by atoms with Crippen LogP contribution in [0.4, 0.5) is 5.69 Å². The van der Waals surface area contributed by atoms with E-state index >= 15 is 0 Å². The van der Waals surface area contributed by atoms with Crippen LogP contribution in [0, 0.1) is 10.1 Å². The number of halogens is 1. The number of hydrogen-bond acceptors (Lipinski definition) is 6. The Morgan fingerprint density at radius 1 is 1.23 bits per heavy atom. The van der Waals surface area contributed by atoms with Gasteiger partial charge >= 0.3 is 0 Å². The molecule has 9 nitrogen and oxygen atoms in total. The van der Waals surface area contributed by atoms with Gasteiger partial charge in [-0.3, -0.25) is 24.3 Å². The maximum absolute atomic E-state index is 12.4. The van der Waals surface area contributed by atoms with Crippen LogP contribution in [0.25, 0.3) is 11.3 Å². The van der Waals surface area contributed by atoms with Gasteiger partial charge in [-0.25, -0.2) is 4.98 Å². The molecule has 3 aromatic rings. The van der Waals surface area contributed by atoms with E-state index < -0.39 is 10.8 Å². The molecule has 1 heterocycles. The van der Waals surface area contributed by atoms with Gasteiger partial charge < -0.3 is 10.1 Å². The summed E-state index contributed by atoms with van der Waals surface area (Å²) in [6.45, 7) is 2.82. The smallest absolute Gasteiger partial charge is 0.270 e. The molecule has 0 spiro atoms. The molecule has 0 unspecified atom stereocenters. The summed E-state index contributed by atoms with van der Waals surface area (Å²) in [7, 11) is 0. The summed E-state index contributed by atoms with van der Waals surface area (Å²) in [6.07, 6.45) is 1.42. The number of nitrogens with one attached hydrogen (secondary N) is 1. The van der Waals surface area contributed by atoms with E-state index in [-0.39, 0.29) is 34.9 Å². The van der Waals surface area contributed by atoms with Crippen molar-refractivity contribution in [2.45, 2.75) is 13.5 Å². The van der Waals surface area contributed by atoms with Crippen LogP contribution < -0.4 is 15.6 Å². The summed E-state index contributed by atoms with van der Waals surface area (Å²) >= 11 is 5.95. The fourth-order valence-corrected chi connectivity index (χ4v) is 3.09. The predicted molar refractivity (Wildman–Crippen MR) is 116 cm³/mol. The molecule has 3 rings (SSSR count). The Balaban J connectivity index is 1.61. The molecule has 0 saturated heterocycles. The second kappa shape index (κ2) is 9.86. The van der Waals surface area contributed by atoms with E-state index in [2.05, 4.69) is 10.3 Å². The molecule has 1 N–H and O–H groups in total. The van der Waals surface area contributed by atoms with E-state index in [0.29, 0.717) is 12.3 Å². The van der Waals surface area contributed by atoms with Gasteiger partial charge in [0.2, 0.25) is 0 Å². The molecule has 1 amide bonds.